The number of aliphatic carboxylic acids is 2. The number of carboxylic acid groups (broad SMARTS) is 2. The van der Waals surface area contributed by atoms with Gasteiger partial charge < -0.3 is 14.9 Å². The molecule has 0 aromatic rings. The van der Waals surface area contributed by atoms with Gasteiger partial charge in [0, 0.05) is 6.42 Å². The van der Waals surface area contributed by atoms with Gasteiger partial charge in [0.25, 0.3) is 0 Å². The summed E-state index contributed by atoms with van der Waals surface area (Å²) in [6, 6.07) is 0. The molecule has 0 heterocycles. The van der Waals surface area contributed by atoms with Crippen molar-refractivity contribution in [3.05, 3.63) is 0 Å². The molecule has 0 rings (SSSR count). The van der Waals surface area contributed by atoms with Gasteiger partial charge in [-0.1, -0.05) is 64.7 Å². The molecular formula is C22H40O6. The van der Waals surface area contributed by atoms with Crippen LogP contribution in [-0.2, 0) is 19.1 Å². The predicted molar refractivity (Wildman–Crippen MR) is 109 cm³/mol. The molecule has 6 nitrogen and oxygen atoms in total. The highest BCUT2D eigenvalue weighted by Crippen LogP contribution is 2.17. The first kappa shape index (κ1) is 26.4. The lowest BCUT2D eigenvalue weighted by Gasteiger charge is -2.18. The van der Waals surface area contributed by atoms with E-state index in [0.29, 0.717) is 0 Å². The van der Waals surface area contributed by atoms with Crippen LogP contribution in [-0.4, -0.2) is 34.2 Å². The molecule has 0 fully saturated rings. The number of esters is 1. The monoisotopic (exact) mass is 400 g/mol. The van der Waals surface area contributed by atoms with E-state index in [1.807, 2.05) is 0 Å². The summed E-state index contributed by atoms with van der Waals surface area (Å²) in [6.07, 6.45) is 14.6. The summed E-state index contributed by atoms with van der Waals surface area (Å²) in [5.41, 5.74) is 0. The van der Waals surface area contributed by atoms with Gasteiger partial charge >= 0.3 is 17.9 Å². The summed E-state index contributed by atoms with van der Waals surface area (Å²) in [7, 11) is 0. The molecule has 0 spiro atoms. The van der Waals surface area contributed by atoms with Crippen molar-refractivity contribution < 1.29 is 29.3 Å². The third-order valence-electron chi connectivity index (χ3n) is 4.89. The van der Waals surface area contributed by atoms with Gasteiger partial charge in [-0.2, -0.15) is 0 Å². The lowest BCUT2D eigenvalue weighted by Crippen LogP contribution is -2.19. The Morgan fingerprint density at radius 1 is 0.643 bits per heavy atom. The van der Waals surface area contributed by atoms with Gasteiger partial charge in [-0.3, -0.25) is 14.4 Å². The van der Waals surface area contributed by atoms with Crippen LogP contribution in [0.4, 0.5) is 0 Å². The summed E-state index contributed by atoms with van der Waals surface area (Å²) in [5, 5.41) is 17.3. The van der Waals surface area contributed by atoms with Crippen molar-refractivity contribution in [2.75, 3.05) is 0 Å². The second kappa shape index (κ2) is 18.8. The zero-order valence-corrected chi connectivity index (χ0v) is 17.6. The van der Waals surface area contributed by atoms with Crippen LogP contribution in [0.3, 0.4) is 0 Å². The summed E-state index contributed by atoms with van der Waals surface area (Å²) < 4.78 is 5.52. The Kier molecular flexibility index (Phi) is 17.7. The van der Waals surface area contributed by atoms with Gasteiger partial charge in [0.05, 0.1) is 12.8 Å². The highest BCUT2D eigenvalue weighted by atomic mass is 16.5. The van der Waals surface area contributed by atoms with Crippen molar-refractivity contribution in [2.45, 2.75) is 122 Å². The Labute approximate surface area is 170 Å². The van der Waals surface area contributed by atoms with Crippen LogP contribution in [0.1, 0.15) is 116 Å². The number of hydrogen-bond acceptors (Lipinski definition) is 4. The first-order chi connectivity index (χ1) is 13.5. The van der Waals surface area contributed by atoms with Gasteiger partial charge in [0.2, 0.25) is 0 Å². The molecule has 0 aliphatic rings. The molecule has 0 aromatic carbocycles. The van der Waals surface area contributed by atoms with E-state index in [2.05, 4.69) is 6.92 Å². The van der Waals surface area contributed by atoms with E-state index in [0.717, 1.165) is 77.0 Å². The maximum Gasteiger partial charge on any atom is 0.306 e. The Bertz CT molecular complexity index is 421. The van der Waals surface area contributed by atoms with Gasteiger partial charge in [-0.25, -0.2) is 0 Å². The van der Waals surface area contributed by atoms with E-state index in [9.17, 15) is 14.4 Å². The zero-order valence-electron chi connectivity index (χ0n) is 17.6. The summed E-state index contributed by atoms with van der Waals surface area (Å²) in [5.74, 6) is -2.09. The Morgan fingerprint density at radius 2 is 1.11 bits per heavy atom. The molecule has 0 radical (unpaired) electrons. The number of rotatable bonds is 20. The van der Waals surface area contributed by atoms with E-state index in [-0.39, 0.29) is 25.4 Å². The fourth-order valence-corrected chi connectivity index (χ4v) is 3.22. The van der Waals surface area contributed by atoms with E-state index >= 15 is 0 Å². The van der Waals surface area contributed by atoms with Crippen LogP contribution in [0, 0.1) is 0 Å². The van der Waals surface area contributed by atoms with E-state index in [1.54, 1.807) is 0 Å². The third kappa shape index (κ3) is 19.2. The molecule has 6 heteroatoms. The zero-order chi connectivity index (χ0) is 21.0. The maximum atomic E-state index is 11.8. The van der Waals surface area contributed by atoms with E-state index < -0.39 is 17.9 Å². The average Bonchev–Trinajstić information content (AvgIpc) is 2.64. The molecule has 1 atom stereocenters. The smallest absolute Gasteiger partial charge is 0.306 e. The minimum atomic E-state index is -0.973. The van der Waals surface area contributed by atoms with E-state index in [4.69, 9.17) is 14.9 Å². The normalized spacial score (nSPS) is 11.9. The largest absolute Gasteiger partial charge is 0.481 e. The third-order valence-corrected chi connectivity index (χ3v) is 4.89. The Hall–Kier alpha value is -1.59. The van der Waals surface area contributed by atoms with Crippen molar-refractivity contribution in [1.29, 1.82) is 0 Å². The second-order valence-electron chi connectivity index (χ2n) is 7.62. The van der Waals surface area contributed by atoms with Gasteiger partial charge in [-0.05, 0) is 32.1 Å². The number of carboxylic acids is 2. The van der Waals surface area contributed by atoms with Gasteiger partial charge in [-0.15, -0.1) is 0 Å². The molecule has 0 bridgehead atoms. The van der Waals surface area contributed by atoms with Crippen LogP contribution in [0.25, 0.3) is 0 Å². The minimum Gasteiger partial charge on any atom is -0.481 e. The highest BCUT2D eigenvalue weighted by molar-refractivity contribution is 5.76. The Balaban J connectivity index is 3.88. The molecule has 0 aliphatic heterocycles. The quantitative estimate of drug-likeness (QED) is 0.200. The van der Waals surface area contributed by atoms with Crippen LogP contribution >= 0.6 is 0 Å². The summed E-state index contributed by atoms with van der Waals surface area (Å²) in [6.45, 7) is 2.16. The van der Waals surface area contributed by atoms with Crippen LogP contribution in [0.2, 0.25) is 0 Å². The molecule has 0 saturated carbocycles. The van der Waals surface area contributed by atoms with Crippen molar-refractivity contribution in [3.63, 3.8) is 0 Å². The molecular weight excluding hydrogens is 360 g/mol. The second-order valence-corrected chi connectivity index (χ2v) is 7.62. The predicted octanol–water partition coefficient (Wildman–Crippen LogP) is 5.72. The topological polar surface area (TPSA) is 101 Å². The molecule has 2 N–H and O–H groups in total. The first-order valence-corrected chi connectivity index (χ1v) is 11.1. The van der Waals surface area contributed by atoms with Crippen LogP contribution in [0.15, 0.2) is 0 Å². The van der Waals surface area contributed by atoms with Gasteiger partial charge in [0.15, 0.2) is 0 Å². The molecule has 0 aliphatic carbocycles. The maximum absolute atomic E-state index is 11.8. The minimum absolute atomic E-state index is 0.0529. The first-order valence-electron chi connectivity index (χ1n) is 11.1. The van der Waals surface area contributed by atoms with Crippen molar-refractivity contribution >= 4 is 17.9 Å². The SMILES string of the molecule is CCCCCCC(CCCCCCCCCCC(=O)O)OC(=O)CCC(=O)O. The standard InChI is InChI=1S/C22H40O6/c1-2-3-4-11-14-19(28-22(27)18-17-21(25)26)15-12-9-7-5-6-8-10-13-16-20(23)24/h19H,2-18H2,1H3,(H,23,24)(H,25,26). The molecule has 0 amide bonds. The summed E-state index contributed by atoms with van der Waals surface area (Å²) in [4.78, 5) is 32.8. The number of ether oxygens (including phenoxy) is 1. The summed E-state index contributed by atoms with van der Waals surface area (Å²) >= 11 is 0. The van der Waals surface area contributed by atoms with Gasteiger partial charge in [0.1, 0.15) is 6.10 Å². The number of hydrogen-bond donors (Lipinski definition) is 2. The molecule has 164 valence electrons. The van der Waals surface area contributed by atoms with Crippen LogP contribution in [0.5, 0.6) is 0 Å². The fourth-order valence-electron chi connectivity index (χ4n) is 3.22. The number of carbonyl (C=O) groups is 3. The molecule has 28 heavy (non-hydrogen) atoms. The Morgan fingerprint density at radius 3 is 1.61 bits per heavy atom. The molecule has 0 aromatic heterocycles. The van der Waals surface area contributed by atoms with Crippen molar-refractivity contribution in [1.82, 2.24) is 0 Å². The lowest BCUT2D eigenvalue weighted by atomic mass is 10.0. The van der Waals surface area contributed by atoms with Crippen molar-refractivity contribution in [2.24, 2.45) is 0 Å². The average molecular weight is 401 g/mol. The number of unbranched alkanes of at least 4 members (excludes halogenated alkanes) is 10. The van der Waals surface area contributed by atoms with Crippen LogP contribution < -0.4 is 0 Å². The van der Waals surface area contributed by atoms with E-state index in [1.165, 1.54) is 12.8 Å². The van der Waals surface area contributed by atoms with Crippen molar-refractivity contribution in [3.8, 4) is 0 Å². The molecule has 1 unspecified atom stereocenters. The number of carbonyl (C=O) groups excluding carboxylic acids is 1. The molecule has 0 saturated heterocycles. The highest BCUT2D eigenvalue weighted by Gasteiger charge is 2.15. The lowest BCUT2D eigenvalue weighted by molar-refractivity contribution is -0.152. The fraction of sp³-hybridized carbons (Fsp3) is 0.864.